The molecule has 146 valence electrons. The van der Waals surface area contributed by atoms with Gasteiger partial charge < -0.3 is 4.74 Å². The average Bonchev–Trinajstić information content (AvgIpc) is 2.66. The zero-order valence-electron chi connectivity index (χ0n) is 15.8. The van der Waals surface area contributed by atoms with E-state index in [0.29, 0.717) is 33.4 Å². The monoisotopic (exact) mass is 416 g/mol. The molecule has 0 bridgehead atoms. The zero-order chi connectivity index (χ0) is 20.1. The lowest BCUT2D eigenvalue weighted by Gasteiger charge is -2.13. The molecule has 0 aliphatic rings. The van der Waals surface area contributed by atoms with Crippen LogP contribution in [0, 0.1) is 6.92 Å². The molecule has 7 heteroatoms. The quantitative estimate of drug-likeness (QED) is 0.240. The summed E-state index contributed by atoms with van der Waals surface area (Å²) in [6.45, 7) is 4.40. The molecule has 0 saturated carbocycles. The molecule has 0 spiro atoms. The number of ether oxygens (including phenoxy) is 1. The fraction of sp³-hybridized carbons (Fsp3) is 0.286. The van der Waals surface area contributed by atoms with Crippen LogP contribution in [-0.4, -0.2) is 27.9 Å². The number of esters is 1. The first-order valence-electron chi connectivity index (χ1n) is 9.07. The Morgan fingerprint density at radius 1 is 1.25 bits per heavy atom. The van der Waals surface area contributed by atoms with Crippen molar-refractivity contribution in [3.05, 3.63) is 63.4 Å². The van der Waals surface area contributed by atoms with Gasteiger partial charge in [0, 0.05) is 5.02 Å². The van der Waals surface area contributed by atoms with Crippen LogP contribution in [0.5, 0.6) is 0 Å². The van der Waals surface area contributed by atoms with E-state index in [0.717, 1.165) is 18.4 Å². The second-order valence-electron chi connectivity index (χ2n) is 6.40. The van der Waals surface area contributed by atoms with Gasteiger partial charge in [-0.05, 0) is 49.2 Å². The highest BCUT2D eigenvalue weighted by Crippen LogP contribution is 2.23. The smallest absolute Gasteiger partial charge is 0.316 e. The van der Waals surface area contributed by atoms with Gasteiger partial charge in [-0.1, -0.05) is 48.8 Å². The second kappa shape index (κ2) is 9.26. The van der Waals surface area contributed by atoms with Crippen molar-refractivity contribution in [2.45, 2.75) is 31.8 Å². The number of rotatable bonds is 7. The minimum absolute atomic E-state index is 0.0774. The summed E-state index contributed by atoms with van der Waals surface area (Å²) in [5.41, 5.74) is 2.03. The molecule has 0 aliphatic heterocycles. The predicted octanol–water partition coefficient (Wildman–Crippen LogP) is 4.78. The number of carbonyl (C=O) groups is 1. The number of aryl methyl sites for hydroxylation is 1. The number of halogens is 1. The van der Waals surface area contributed by atoms with E-state index in [1.165, 1.54) is 16.3 Å². The lowest BCUT2D eigenvalue weighted by atomic mass is 10.2. The standard InChI is InChI=1S/C21H21ClN2O3S/c1-3-4-10-27-19(25)13-28-21-23-18-12-15(22)8-9-17(18)20(26)24(21)16-7-5-6-14(2)11-16/h5-9,11-12H,3-4,10,13H2,1-2H3. The van der Waals surface area contributed by atoms with Gasteiger partial charge in [-0.2, -0.15) is 0 Å². The number of thioether (sulfide) groups is 1. The molecule has 0 unspecified atom stereocenters. The van der Waals surface area contributed by atoms with Gasteiger partial charge in [0.1, 0.15) is 0 Å². The van der Waals surface area contributed by atoms with Crippen LogP contribution in [0.2, 0.25) is 5.02 Å². The highest BCUT2D eigenvalue weighted by Gasteiger charge is 2.15. The third-order valence-electron chi connectivity index (χ3n) is 4.14. The minimum atomic E-state index is -0.324. The number of hydrogen-bond acceptors (Lipinski definition) is 5. The van der Waals surface area contributed by atoms with Crippen molar-refractivity contribution in [2.24, 2.45) is 0 Å². The first-order valence-corrected chi connectivity index (χ1v) is 10.4. The summed E-state index contributed by atoms with van der Waals surface area (Å²) >= 11 is 7.25. The Balaban J connectivity index is 2.02. The number of benzene rings is 2. The Morgan fingerprint density at radius 3 is 2.82 bits per heavy atom. The Kier molecular flexibility index (Phi) is 6.75. The van der Waals surface area contributed by atoms with E-state index in [1.807, 2.05) is 38.1 Å². The lowest BCUT2D eigenvalue weighted by Crippen LogP contribution is -2.22. The molecule has 0 saturated heterocycles. The largest absolute Gasteiger partial charge is 0.465 e. The summed E-state index contributed by atoms with van der Waals surface area (Å²) < 4.78 is 6.74. The van der Waals surface area contributed by atoms with Crippen LogP contribution in [0.25, 0.3) is 16.6 Å². The van der Waals surface area contributed by atoms with Gasteiger partial charge in [-0.3, -0.25) is 14.2 Å². The molecule has 0 N–H and O–H groups in total. The second-order valence-corrected chi connectivity index (χ2v) is 7.78. The van der Waals surface area contributed by atoms with Crippen LogP contribution < -0.4 is 5.56 Å². The maximum atomic E-state index is 13.2. The van der Waals surface area contributed by atoms with Crippen LogP contribution >= 0.6 is 23.4 Å². The molecule has 0 aliphatic carbocycles. The molecule has 0 radical (unpaired) electrons. The normalized spacial score (nSPS) is 11.0. The van der Waals surface area contributed by atoms with E-state index in [1.54, 1.807) is 18.2 Å². The van der Waals surface area contributed by atoms with E-state index in [4.69, 9.17) is 16.3 Å². The fourth-order valence-electron chi connectivity index (χ4n) is 2.73. The van der Waals surface area contributed by atoms with Crippen molar-refractivity contribution in [1.29, 1.82) is 0 Å². The molecule has 5 nitrogen and oxygen atoms in total. The summed E-state index contributed by atoms with van der Waals surface area (Å²) in [6.07, 6.45) is 1.79. The van der Waals surface area contributed by atoms with Crippen LogP contribution in [0.1, 0.15) is 25.3 Å². The molecule has 1 aromatic heterocycles. The van der Waals surface area contributed by atoms with E-state index in [-0.39, 0.29) is 17.3 Å². The van der Waals surface area contributed by atoms with Crippen molar-refractivity contribution < 1.29 is 9.53 Å². The summed E-state index contributed by atoms with van der Waals surface area (Å²) in [6, 6.07) is 12.6. The Morgan fingerprint density at radius 2 is 2.07 bits per heavy atom. The molecule has 3 rings (SSSR count). The van der Waals surface area contributed by atoms with E-state index < -0.39 is 0 Å². The lowest BCUT2D eigenvalue weighted by molar-refractivity contribution is -0.140. The first-order chi connectivity index (χ1) is 13.5. The van der Waals surface area contributed by atoms with Gasteiger partial charge in [0.25, 0.3) is 5.56 Å². The Labute approximate surface area is 172 Å². The van der Waals surface area contributed by atoms with Gasteiger partial charge in [0.15, 0.2) is 5.16 Å². The first kappa shape index (κ1) is 20.4. The highest BCUT2D eigenvalue weighted by molar-refractivity contribution is 7.99. The van der Waals surface area contributed by atoms with Crippen molar-refractivity contribution in [2.75, 3.05) is 12.4 Å². The van der Waals surface area contributed by atoms with Gasteiger partial charge in [-0.25, -0.2) is 4.98 Å². The number of hydrogen-bond donors (Lipinski definition) is 0. The number of aromatic nitrogens is 2. The number of carbonyl (C=O) groups excluding carboxylic acids is 1. The van der Waals surface area contributed by atoms with Crippen LogP contribution in [0.15, 0.2) is 52.4 Å². The molecule has 0 fully saturated rings. The SMILES string of the molecule is CCCCOC(=O)CSc1nc2cc(Cl)ccc2c(=O)n1-c1cccc(C)c1. The molecule has 2 aromatic carbocycles. The van der Waals surface area contributed by atoms with E-state index in [2.05, 4.69) is 4.98 Å². The van der Waals surface area contributed by atoms with Crippen LogP contribution in [0.3, 0.4) is 0 Å². The zero-order valence-corrected chi connectivity index (χ0v) is 17.3. The summed E-state index contributed by atoms with van der Waals surface area (Å²) in [5, 5.41) is 1.40. The van der Waals surface area contributed by atoms with Gasteiger partial charge in [-0.15, -0.1) is 0 Å². The van der Waals surface area contributed by atoms with Gasteiger partial charge in [0.05, 0.1) is 29.0 Å². The third kappa shape index (κ3) is 4.75. The number of unbranched alkanes of at least 4 members (excludes halogenated alkanes) is 1. The number of fused-ring (bicyclic) bond motifs is 1. The molecule has 3 aromatic rings. The predicted molar refractivity (Wildman–Crippen MR) is 114 cm³/mol. The third-order valence-corrected chi connectivity index (χ3v) is 5.29. The summed E-state index contributed by atoms with van der Waals surface area (Å²) in [4.78, 5) is 29.8. The van der Waals surface area contributed by atoms with E-state index in [9.17, 15) is 9.59 Å². The van der Waals surface area contributed by atoms with Crippen molar-refractivity contribution in [3.8, 4) is 5.69 Å². The van der Waals surface area contributed by atoms with Crippen LogP contribution in [-0.2, 0) is 9.53 Å². The molecule has 0 amide bonds. The topological polar surface area (TPSA) is 61.2 Å². The maximum Gasteiger partial charge on any atom is 0.316 e. The number of nitrogens with zero attached hydrogens (tertiary/aromatic N) is 2. The Hall–Kier alpha value is -2.31. The molecular weight excluding hydrogens is 396 g/mol. The summed E-state index contributed by atoms with van der Waals surface area (Å²) in [7, 11) is 0. The molecule has 28 heavy (non-hydrogen) atoms. The summed E-state index contributed by atoms with van der Waals surface area (Å²) in [5.74, 6) is -0.247. The molecular formula is C21H21ClN2O3S. The van der Waals surface area contributed by atoms with Crippen molar-refractivity contribution >= 4 is 40.2 Å². The maximum absolute atomic E-state index is 13.2. The van der Waals surface area contributed by atoms with Crippen molar-refractivity contribution in [1.82, 2.24) is 9.55 Å². The van der Waals surface area contributed by atoms with E-state index >= 15 is 0 Å². The average molecular weight is 417 g/mol. The van der Waals surface area contributed by atoms with Crippen LogP contribution in [0.4, 0.5) is 0 Å². The fourth-order valence-corrected chi connectivity index (χ4v) is 3.70. The highest BCUT2D eigenvalue weighted by atomic mass is 35.5. The van der Waals surface area contributed by atoms with Crippen molar-refractivity contribution in [3.63, 3.8) is 0 Å². The molecule has 1 heterocycles. The van der Waals surface area contributed by atoms with Gasteiger partial charge in [0.2, 0.25) is 0 Å². The Bertz CT molecular complexity index is 1070. The van der Waals surface area contributed by atoms with Gasteiger partial charge >= 0.3 is 5.97 Å². The molecule has 0 atom stereocenters. The minimum Gasteiger partial charge on any atom is -0.465 e.